The van der Waals surface area contributed by atoms with Gasteiger partial charge in [0.05, 0.1) is 10.6 Å². The molecular formula is C17H15FN2O3S. The van der Waals surface area contributed by atoms with Gasteiger partial charge in [0.15, 0.2) is 9.84 Å². The largest absolute Gasteiger partial charge is 0.317 e. The standard InChI is InChI=1S/C17H15FN2O3S/c1-20-10-15(12-5-3-4-6-13(12)17(20)21)14-9-11(24(2,22)23)7-8-16(14)19-18/h3-10,19H,1-2H3. The van der Waals surface area contributed by atoms with Crippen LogP contribution in [0.2, 0.25) is 0 Å². The van der Waals surface area contributed by atoms with Gasteiger partial charge in [-0.3, -0.25) is 4.79 Å². The predicted octanol–water partition coefficient (Wildman–Crippen LogP) is 2.91. The van der Waals surface area contributed by atoms with E-state index < -0.39 is 9.84 Å². The molecule has 0 aliphatic heterocycles. The number of anilines is 1. The molecule has 0 amide bonds. The van der Waals surface area contributed by atoms with Crippen molar-refractivity contribution >= 4 is 26.3 Å². The smallest absolute Gasteiger partial charge is 0.258 e. The molecule has 0 aliphatic rings. The number of halogens is 1. The fraction of sp³-hybridized carbons (Fsp3) is 0.118. The maximum atomic E-state index is 13.2. The number of hydrogen-bond acceptors (Lipinski definition) is 4. The van der Waals surface area contributed by atoms with Crippen LogP contribution in [0.4, 0.5) is 10.2 Å². The fourth-order valence-corrected chi connectivity index (χ4v) is 3.34. The molecule has 2 aromatic carbocycles. The first-order chi connectivity index (χ1) is 11.3. The molecular weight excluding hydrogens is 331 g/mol. The average molecular weight is 346 g/mol. The van der Waals surface area contributed by atoms with Crippen LogP contribution in [0, 0.1) is 0 Å². The van der Waals surface area contributed by atoms with Crippen molar-refractivity contribution in [1.82, 2.24) is 4.57 Å². The summed E-state index contributed by atoms with van der Waals surface area (Å²) in [4.78, 5) is 12.3. The maximum absolute atomic E-state index is 13.2. The second-order valence-corrected chi connectivity index (χ2v) is 7.59. The molecule has 0 saturated heterocycles. The van der Waals surface area contributed by atoms with E-state index in [2.05, 4.69) is 0 Å². The van der Waals surface area contributed by atoms with Gasteiger partial charge in [-0.15, -0.1) is 4.48 Å². The van der Waals surface area contributed by atoms with Crippen molar-refractivity contribution in [1.29, 1.82) is 0 Å². The summed E-state index contributed by atoms with van der Waals surface area (Å²) in [5.74, 6) is 0. The Hall–Kier alpha value is -2.67. The SMILES string of the molecule is Cn1cc(-c2cc(S(C)(=O)=O)ccc2NF)c2ccccc2c1=O. The van der Waals surface area contributed by atoms with Crippen LogP contribution in [0.15, 0.2) is 58.4 Å². The molecule has 3 rings (SSSR count). The predicted molar refractivity (Wildman–Crippen MR) is 92.5 cm³/mol. The Morgan fingerprint density at radius 2 is 1.71 bits per heavy atom. The first-order valence-electron chi connectivity index (χ1n) is 7.12. The summed E-state index contributed by atoms with van der Waals surface area (Å²) in [6.45, 7) is 0. The van der Waals surface area contributed by atoms with Crippen molar-refractivity contribution in [3.8, 4) is 11.1 Å². The van der Waals surface area contributed by atoms with Crippen molar-refractivity contribution in [2.45, 2.75) is 4.90 Å². The molecule has 24 heavy (non-hydrogen) atoms. The van der Waals surface area contributed by atoms with Gasteiger partial charge in [-0.2, -0.15) is 0 Å². The van der Waals surface area contributed by atoms with Gasteiger partial charge in [0, 0.05) is 36.0 Å². The fourth-order valence-electron chi connectivity index (χ4n) is 2.69. The van der Waals surface area contributed by atoms with E-state index in [9.17, 15) is 17.7 Å². The van der Waals surface area contributed by atoms with Gasteiger partial charge in [0.25, 0.3) is 5.56 Å². The van der Waals surface area contributed by atoms with Gasteiger partial charge < -0.3 is 4.57 Å². The summed E-state index contributed by atoms with van der Waals surface area (Å²) in [5.41, 5.74) is 2.48. The molecule has 5 nitrogen and oxygen atoms in total. The minimum atomic E-state index is -3.45. The maximum Gasteiger partial charge on any atom is 0.258 e. The van der Waals surface area contributed by atoms with Crippen molar-refractivity contribution in [3.05, 3.63) is 59.0 Å². The normalized spacial score (nSPS) is 11.6. The molecule has 0 atom stereocenters. The molecule has 3 aromatic rings. The van der Waals surface area contributed by atoms with Crippen LogP contribution in [0.3, 0.4) is 0 Å². The van der Waals surface area contributed by atoms with Crippen LogP contribution in [0.1, 0.15) is 0 Å². The van der Waals surface area contributed by atoms with E-state index in [1.807, 2.05) is 0 Å². The molecule has 1 N–H and O–H groups in total. The minimum Gasteiger partial charge on any atom is -0.317 e. The highest BCUT2D eigenvalue weighted by atomic mass is 32.2. The lowest BCUT2D eigenvalue weighted by Gasteiger charge is -2.13. The number of aromatic nitrogens is 1. The van der Waals surface area contributed by atoms with E-state index in [0.29, 0.717) is 21.9 Å². The Balaban J connectivity index is 2.44. The van der Waals surface area contributed by atoms with Gasteiger partial charge in [0.2, 0.25) is 0 Å². The Kier molecular flexibility index (Phi) is 3.88. The summed E-state index contributed by atoms with van der Waals surface area (Å²) in [7, 11) is -1.85. The lowest BCUT2D eigenvalue weighted by molar-refractivity contribution is 0.601. The quantitative estimate of drug-likeness (QED) is 0.741. The molecule has 0 unspecified atom stereocenters. The third-order valence-corrected chi connectivity index (χ3v) is 5.01. The van der Waals surface area contributed by atoms with Crippen LogP contribution >= 0.6 is 0 Å². The van der Waals surface area contributed by atoms with E-state index in [0.717, 1.165) is 6.26 Å². The van der Waals surface area contributed by atoms with Crippen molar-refractivity contribution in [2.75, 3.05) is 11.8 Å². The number of sulfone groups is 1. The highest BCUT2D eigenvalue weighted by Gasteiger charge is 2.16. The summed E-state index contributed by atoms with van der Waals surface area (Å²) in [6, 6.07) is 11.1. The number of nitrogens with zero attached hydrogens (tertiary/aromatic N) is 1. The Bertz CT molecular complexity index is 1100. The molecule has 0 saturated carbocycles. The summed E-state index contributed by atoms with van der Waals surface area (Å²) < 4.78 is 38.3. The number of aryl methyl sites for hydroxylation is 1. The van der Waals surface area contributed by atoms with Crippen molar-refractivity contribution < 1.29 is 12.9 Å². The number of rotatable bonds is 3. The zero-order valence-corrected chi connectivity index (χ0v) is 13.9. The molecule has 1 aromatic heterocycles. The van der Waals surface area contributed by atoms with Gasteiger partial charge in [0.1, 0.15) is 0 Å². The lowest BCUT2D eigenvalue weighted by Crippen LogP contribution is -2.16. The average Bonchev–Trinajstić information content (AvgIpc) is 2.57. The molecule has 124 valence electrons. The lowest BCUT2D eigenvalue weighted by atomic mass is 9.99. The molecule has 0 radical (unpaired) electrons. The molecule has 0 bridgehead atoms. The number of fused-ring (bicyclic) bond motifs is 1. The summed E-state index contributed by atoms with van der Waals surface area (Å²) in [5, 5.41) is 1.11. The van der Waals surface area contributed by atoms with Crippen molar-refractivity contribution in [2.24, 2.45) is 7.05 Å². The Morgan fingerprint density at radius 1 is 1.04 bits per heavy atom. The zero-order valence-electron chi connectivity index (χ0n) is 13.1. The van der Waals surface area contributed by atoms with Crippen LogP contribution < -0.4 is 11.1 Å². The van der Waals surface area contributed by atoms with Crippen LogP contribution in [0.25, 0.3) is 21.9 Å². The second kappa shape index (κ2) is 5.76. The summed E-state index contributed by atoms with van der Waals surface area (Å²) in [6.07, 6.45) is 2.67. The Labute approximate surface area is 138 Å². The number of hydrogen-bond donors (Lipinski definition) is 1. The monoisotopic (exact) mass is 346 g/mol. The molecule has 0 spiro atoms. The molecule has 7 heteroatoms. The number of pyridine rings is 1. The Morgan fingerprint density at radius 3 is 2.33 bits per heavy atom. The molecule has 0 aliphatic carbocycles. The highest BCUT2D eigenvalue weighted by molar-refractivity contribution is 7.90. The number of nitrogens with one attached hydrogen (secondary N) is 1. The second-order valence-electron chi connectivity index (χ2n) is 5.58. The molecule has 1 heterocycles. The van der Waals surface area contributed by atoms with Gasteiger partial charge in [-0.05, 0) is 29.7 Å². The zero-order chi connectivity index (χ0) is 17.5. The van der Waals surface area contributed by atoms with Crippen molar-refractivity contribution in [3.63, 3.8) is 0 Å². The minimum absolute atomic E-state index is 0.0782. The van der Waals surface area contributed by atoms with E-state index in [1.165, 1.54) is 22.8 Å². The first kappa shape index (κ1) is 16.2. The van der Waals surface area contributed by atoms with Crippen LogP contribution in [0.5, 0.6) is 0 Å². The van der Waals surface area contributed by atoms with Gasteiger partial charge in [-0.25, -0.2) is 14.0 Å². The topological polar surface area (TPSA) is 68.2 Å². The van der Waals surface area contributed by atoms with E-state index in [-0.39, 0.29) is 16.1 Å². The van der Waals surface area contributed by atoms with Crippen LogP contribution in [-0.2, 0) is 16.9 Å². The third-order valence-electron chi connectivity index (χ3n) is 3.90. The van der Waals surface area contributed by atoms with E-state index >= 15 is 0 Å². The first-order valence-corrected chi connectivity index (χ1v) is 9.01. The molecule has 0 fully saturated rings. The number of benzene rings is 2. The van der Waals surface area contributed by atoms with E-state index in [4.69, 9.17) is 0 Å². The van der Waals surface area contributed by atoms with Crippen LogP contribution in [-0.4, -0.2) is 19.2 Å². The van der Waals surface area contributed by atoms with E-state index in [1.54, 1.807) is 43.0 Å². The summed E-state index contributed by atoms with van der Waals surface area (Å²) >= 11 is 0. The highest BCUT2D eigenvalue weighted by Crippen LogP contribution is 2.34. The van der Waals surface area contributed by atoms with Gasteiger partial charge >= 0.3 is 0 Å². The van der Waals surface area contributed by atoms with Gasteiger partial charge in [-0.1, -0.05) is 18.2 Å². The third kappa shape index (κ3) is 2.67.